The third kappa shape index (κ3) is 2.94. The van der Waals surface area contributed by atoms with Gasteiger partial charge in [0.25, 0.3) is 0 Å². The van der Waals surface area contributed by atoms with E-state index < -0.39 is 0 Å². The largest absolute Gasteiger partial charge is 0.319 e. The number of rotatable bonds is 2. The molecule has 1 atom stereocenters. The molecule has 0 unspecified atom stereocenters. The summed E-state index contributed by atoms with van der Waals surface area (Å²) < 4.78 is 0. The van der Waals surface area contributed by atoms with Crippen molar-refractivity contribution in [3.8, 4) is 0 Å². The highest BCUT2D eigenvalue weighted by atomic mass is 32.2. The van der Waals surface area contributed by atoms with Crippen molar-refractivity contribution in [2.24, 2.45) is 11.7 Å². The monoisotopic (exact) mass is 119 g/mol. The summed E-state index contributed by atoms with van der Waals surface area (Å²) in [4.78, 5) is 0. The number of hydrogen-bond donors (Lipinski definition) is 1. The fourth-order valence-corrected chi connectivity index (χ4v) is 0.816. The molecule has 0 bridgehead atoms. The molecule has 0 fully saturated rings. The quantitative estimate of drug-likeness (QED) is 0.554. The van der Waals surface area contributed by atoms with Crippen LogP contribution in [-0.2, 0) is 0 Å². The summed E-state index contributed by atoms with van der Waals surface area (Å²) in [5, 5.41) is 0.319. The third-order valence-corrected chi connectivity index (χ3v) is 2.02. The molecule has 0 heterocycles. The van der Waals surface area contributed by atoms with Crippen LogP contribution in [0.15, 0.2) is 0 Å². The Labute approximate surface area is 49.7 Å². The summed E-state index contributed by atoms with van der Waals surface area (Å²) in [6.45, 7) is 4.25. The minimum Gasteiger partial charge on any atom is -0.319 e. The van der Waals surface area contributed by atoms with Gasteiger partial charge in [0.15, 0.2) is 0 Å². The zero-order valence-electron chi connectivity index (χ0n) is 5.14. The van der Waals surface area contributed by atoms with Crippen molar-refractivity contribution in [1.82, 2.24) is 0 Å². The molecule has 2 N–H and O–H groups in total. The minimum absolute atomic E-state index is 0.319. The Morgan fingerprint density at radius 3 is 1.86 bits per heavy atom. The Morgan fingerprint density at radius 1 is 1.43 bits per heavy atom. The first-order valence-corrected chi connectivity index (χ1v) is 3.75. The van der Waals surface area contributed by atoms with E-state index in [1.54, 1.807) is 11.8 Å². The highest BCUT2D eigenvalue weighted by Crippen LogP contribution is 2.08. The van der Waals surface area contributed by atoms with Gasteiger partial charge in [-0.3, -0.25) is 0 Å². The van der Waals surface area contributed by atoms with Crippen molar-refractivity contribution in [3.05, 3.63) is 0 Å². The standard InChI is InChI=1S/C5H13NS/c1-4(2)5(6)7-3/h4-5H,6H2,1-3H3/t5-/m1/s1. The van der Waals surface area contributed by atoms with Gasteiger partial charge >= 0.3 is 0 Å². The molecule has 0 spiro atoms. The molecule has 0 saturated heterocycles. The lowest BCUT2D eigenvalue weighted by Gasteiger charge is -2.10. The van der Waals surface area contributed by atoms with E-state index >= 15 is 0 Å². The first kappa shape index (κ1) is 7.31. The second-order valence-corrected chi connectivity index (χ2v) is 2.96. The average Bonchev–Trinajstić information content (AvgIpc) is 1.65. The van der Waals surface area contributed by atoms with Crippen LogP contribution >= 0.6 is 11.8 Å². The van der Waals surface area contributed by atoms with Crippen molar-refractivity contribution in [2.45, 2.75) is 19.2 Å². The summed E-state index contributed by atoms with van der Waals surface area (Å²) in [5.41, 5.74) is 5.58. The van der Waals surface area contributed by atoms with Gasteiger partial charge in [-0.25, -0.2) is 0 Å². The fraction of sp³-hybridized carbons (Fsp3) is 1.00. The zero-order chi connectivity index (χ0) is 5.86. The van der Waals surface area contributed by atoms with Gasteiger partial charge in [0, 0.05) is 0 Å². The molecular weight excluding hydrogens is 106 g/mol. The Morgan fingerprint density at radius 2 is 1.86 bits per heavy atom. The van der Waals surface area contributed by atoms with Crippen molar-refractivity contribution in [2.75, 3.05) is 6.26 Å². The normalized spacial score (nSPS) is 15.0. The van der Waals surface area contributed by atoms with Crippen LogP contribution in [0.2, 0.25) is 0 Å². The number of hydrogen-bond acceptors (Lipinski definition) is 2. The maximum absolute atomic E-state index is 5.58. The van der Waals surface area contributed by atoms with Crippen LogP contribution in [0.25, 0.3) is 0 Å². The summed E-state index contributed by atoms with van der Waals surface area (Å²) in [5.74, 6) is 0.606. The molecule has 44 valence electrons. The van der Waals surface area contributed by atoms with Crippen LogP contribution in [0.1, 0.15) is 13.8 Å². The predicted molar refractivity (Wildman–Crippen MR) is 36.3 cm³/mol. The van der Waals surface area contributed by atoms with Gasteiger partial charge in [-0.2, -0.15) is 0 Å². The minimum atomic E-state index is 0.319. The molecule has 1 nitrogen and oxygen atoms in total. The Kier molecular flexibility index (Phi) is 3.48. The Bertz CT molecular complexity index is 45.3. The molecule has 0 saturated carbocycles. The van der Waals surface area contributed by atoms with Crippen molar-refractivity contribution < 1.29 is 0 Å². The van der Waals surface area contributed by atoms with Crippen LogP contribution < -0.4 is 5.73 Å². The fourth-order valence-electron chi connectivity index (χ4n) is 0.272. The summed E-state index contributed by atoms with van der Waals surface area (Å²) in [6.07, 6.45) is 2.03. The first-order chi connectivity index (χ1) is 3.18. The van der Waals surface area contributed by atoms with Crippen LogP contribution in [0, 0.1) is 5.92 Å². The molecule has 0 aromatic rings. The molecule has 0 amide bonds. The van der Waals surface area contributed by atoms with Gasteiger partial charge in [-0.05, 0) is 12.2 Å². The second-order valence-electron chi connectivity index (χ2n) is 1.94. The maximum atomic E-state index is 5.58. The van der Waals surface area contributed by atoms with E-state index in [2.05, 4.69) is 13.8 Å². The van der Waals surface area contributed by atoms with Crippen molar-refractivity contribution in [3.63, 3.8) is 0 Å². The number of thioether (sulfide) groups is 1. The zero-order valence-corrected chi connectivity index (χ0v) is 5.96. The van der Waals surface area contributed by atoms with Gasteiger partial charge in [-0.15, -0.1) is 11.8 Å². The van der Waals surface area contributed by atoms with Gasteiger partial charge in [0.05, 0.1) is 5.37 Å². The highest BCUT2D eigenvalue weighted by Gasteiger charge is 2.02. The van der Waals surface area contributed by atoms with E-state index in [-0.39, 0.29) is 0 Å². The van der Waals surface area contributed by atoms with E-state index in [1.165, 1.54) is 0 Å². The number of nitrogens with two attached hydrogens (primary N) is 1. The topological polar surface area (TPSA) is 26.0 Å². The third-order valence-electron chi connectivity index (χ3n) is 0.929. The van der Waals surface area contributed by atoms with Crippen molar-refractivity contribution in [1.29, 1.82) is 0 Å². The molecule has 0 aromatic carbocycles. The Balaban J connectivity index is 3.14. The summed E-state index contributed by atoms with van der Waals surface area (Å²) in [7, 11) is 0. The van der Waals surface area contributed by atoms with Crippen LogP contribution in [0.4, 0.5) is 0 Å². The van der Waals surface area contributed by atoms with Gasteiger partial charge in [0.1, 0.15) is 0 Å². The lowest BCUT2D eigenvalue weighted by atomic mass is 10.2. The van der Waals surface area contributed by atoms with Gasteiger partial charge in [-0.1, -0.05) is 13.8 Å². The maximum Gasteiger partial charge on any atom is 0.0527 e. The summed E-state index contributed by atoms with van der Waals surface area (Å²) >= 11 is 1.71. The van der Waals surface area contributed by atoms with Crippen LogP contribution in [0.3, 0.4) is 0 Å². The summed E-state index contributed by atoms with van der Waals surface area (Å²) in [6, 6.07) is 0. The molecule has 2 heteroatoms. The van der Waals surface area contributed by atoms with E-state index in [1.807, 2.05) is 6.26 Å². The van der Waals surface area contributed by atoms with E-state index in [9.17, 15) is 0 Å². The lowest BCUT2D eigenvalue weighted by Crippen LogP contribution is -2.21. The average molecular weight is 119 g/mol. The van der Waals surface area contributed by atoms with Crippen LogP contribution in [0.5, 0.6) is 0 Å². The lowest BCUT2D eigenvalue weighted by molar-refractivity contribution is 0.625. The SMILES string of the molecule is CS[C@@H](N)C(C)C. The van der Waals surface area contributed by atoms with E-state index in [0.29, 0.717) is 11.3 Å². The highest BCUT2D eigenvalue weighted by molar-refractivity contribution is 7.99. The second kappa shape index (κ2) is 3.33. The molecule has 0 aliphatic rings. The van der Waals surface area contributed by atoms with Crippen LogP contribution in [-0.4, -0.2) is 11.6 Å². The van der Waals surface area contributed by atoms with Gasteiger partial charge < -0.3 is 5.73 Å². The molecule has 0 radical (unpaired) electrons. The smallest absolute Gasteiger partial charge is 0.0527 e. The van der Waals surface area contributed by atoms with E-state index in [0.717, 1.165) is 0 Å². The molecule has 0 aliphatic carbocycles. The molecule has 0 rings (SSSR count). The molecular formula is C5H13NS. The molecule has 7 heavy (non-hydrogen) atoms. The first-order valence-electron chi connectivity index (χ1n) is 2.47. The van der Waals surface area contributed by atoms with Crippen molar-refractivity contribution >= 4 is 11.8 Å². The molecule has 0 aromatic heterocycles. The predicted octanol–water partition coefficient (Wildman–Crippen LogP) is 1.29. The Hall–Kier alpha value is 0.310. The van der Waals surface area contributed by atoms with Gasteiger partial charge in [0.2, 0.25) is 0 Å². The molecule has 0 aliphatic heterocycles. The van der Waals surface area contributed by atoms with E-state index in [4.69, 9.17) is 5.73 Å².